The Balaban J connectivity index is 0.00000256. The third kappa shape index (κ3) is 4.48. The second kappa shape index (κ2) is 9.47. The monoisotopic (exact) mass is 423 g/mol. The average Bonchev–Trinajstić information content (AvgIpc) is 3.27. The highest BCUT2D eigenvalue weighted by Crippen LogP contribution is 2.30. The molecule has 0 radical (unpaired) electrons. The molecule has 0 aliphatic rings. The topological polar surface area (TPSA) is 96.8 Å². The molecule has 7 nitrogen and oxygen atoms in total. The Morgan fingerprint density at radius 2 is 1.73 bits per heavy atom. The number of tetrazole rings is 1. The SMILES string of the molecule is Cc1cc(OCc2ccc(-c3ccccc3-c3nn[nH]n3)cc2)c(CO)c(C)n1.Cl. The summed E-state index contributed by atoms with van der Waals surface area (Å²) < 4.78 is 5.97. The van der Waals surface area contributed by atoms with Crippen molar-refractivity contribution >= 4 is 12.4 Å². The van der Waals surface area contributed by atoms with Gasteiger partial charge in [0, 0.05) is 28.6 Å². The number of hydrogen-bond acceptors (Lipinski definition) is 6. The molecule has 154 valence electrons. The van der Waals surface area contributed by atoms with Crippen LogP contribution < -0.4 is 4.74 Å². The van der Waals surface area contributed by atoms with E-state index in [9.17, 15) is 5.11 Å². The number of pyridine rings is 1. The second-order valence-corrected chi connectivity index (χ2v) is 6.75. The van der Waals surface area contributed by atoms with Crippen molar-refractivity contribution in [3.63, 3.8) is 0 Å². The molecule has 2 N–H and O–H groups in total. The van der Waals surface area contributed by atoms with Gasteiger partial charge in [0.25, 0.3) is 0 Å². The van der Waals surface area contributed by atoms with Crippen molar-refractivity contribution in [2.75, 3.05) is 0 Å². The fourth-order valence-electron chi connectivity index (χ4n) is 3.29. The lowest BCUT2D eigenvalue weighted by Gasteiger charge is -2.13. The number of aliphatic hydroxyl groups is 1. The standard InChI is InChI=1S/C22H21N5O2.ClH/c1-14-11-21(20(12-28)15(2)23-14)29-13-16-7-9-17(10-8-16)18-5-3-4-6-19(18)22-24-26-27-25-22;/h3-11,28H,12-13H2,1-2H3,(H,24,25,26,27);1H. The van der Waals surface area contributed by atoms with E-state index in [1.165, 1.54) is 0 Å². The van der Waals surface area contributed by atoms with E-state index in [4.69, 9.17) is 4.74 Å². The van der Waals surface area contributed by atoms with Crippen LogP contribution in [0, 0.1) is 13.8 Å². The summed E-state index contributed by atoms with van der Waals surface area (Å²) in [4.78, 5) is 4.38. The molecule has 0 unspecified atom stereocenters. The molecule has 0 spiro atoms. The summed E-state index contributed by atoms with van der Waals surface area (Å²) in [5.41, 5.74) is 6.41. The van der Waals surface area contributed by atoms with Gasteiger partial charge in [-0.15, -0.1) is 22.6 Å². The van der Waals surface area contributed by atoms with Crippen LogP contribution in [0.15, 0.2) is 54.6 Å². The summed E-state index contributed by atoms with van der Waals surface area (Å²) in [5.74, 6) is 1.23. The zero-order valence-electron chi connectivity index (χ0n) is 16.7. The average molecular weight is 424 g/mol. The molecule has 0 atom stereocenters. The van der Waals surface area contributed by atoms with E-state index >= 15 is 0 Å². The van der Waals surface area contributed by atoms with E-state index in [2.05, 4.69) is 25.6 Å². The lowest BCUT2D eigenvalue weighted by Crippen LogP contribution is -2.03. The minimum atomic E-state index is -0.0970. The van der Waals surface area contributed by atoms with Crippen molar-refractivity contribution in [1.29, 1.82) is 0 Å². The Morgan fingerprint density at radius 1 is 1.00 bits per heavy atom. The van der Waals surface area contributed by atoms with Crippen molar-refractivity contribution in [2.45, 2.75) is 27.1 Å². The van der Waals surface area contributed by atoms with Crippen LogP contribution in [0.3, 0.4) is 0 Å². The van der Waals surface area contributed by atoms with Gasteiger partial charge in [0.2, 0.25) is 5.82 Å². The van der Waals surface area contributed by atoms with Crippen LogP contribution in [0.1, 0.15) is 22.5 Å². The summed E-state index contributed by atoms with van der Waals surface area (Å²) in [6.45, 7) is 4.10. The first kappa shape index (κ1) is 21.4. The molecular weight excluding hydrogens is 402 g/mol. The van der Waals surface area contributed by atoms with E-state index in [1.807, 2.05) is 68.4 Å². The van der Waals surface area contributed by atoms with E-state index in [-0.39, 0.29) is 19.0 Å². The van der Waals surface area contributed by atoms with E-state index in [0.717, 1.165) is 39.2 Å². The lowest BCUT2D eigenvalue weighted by atomic mass is 9.98. The zero-order valence-corrected chi connectivity index (χ0v) is 17.5. The Labute approximate surface area is 180 Å². The quantitative estimate of drug-likeness (QED) is 0.485. The Bertz CT molecular complexity index is 1120. The second-order valence-electron chi connectivity index (χ2n) is 6.75. The van der Waals surface area contributed by atoms with Crippen LogP contribution >= 0.6 is 12.4 Å². The maximum atomic E-state index is 9.62. The number of hydrogen-bond donors (Lipinski definition) is 2. The van der Waals surface area contributed by atoms with Crippen LogP contribution in [0.25, 0.3) is 22.5 Å². The minimum absolute atomic E-state index is 0. The van der Waals surface area contributed by atoms with Gasteiger partial charge in [0.05, 0.1) is 6.61 Å². The van der Waals surface area contributed by atoms with Gasteiger partial charge in [-0.2, -0.15) is 5.21 Å². The number of aromatic amines is 1. The maximum Gasteiger partial charge on any atom is 0.205 e. The number of rotatable bonds is 6. The van der Waals surface area contributed by atoms with Gasteiger partial charge >= 0.3 is 0 Å². The molecule has 0 fully saturated rings. The molecule has 8 heteroatoms. The summed E-state index contributed by atoms with van der Waals surface area (Å²) in [6.07, 6.45) is 0. The minimum Gasteiger partial charge on any atom is -0.488 e. The Hall–Kier alpha value is -3.29. The van der Waals surface area contributed by atoms with E-state index in [1.54, 1.807) is 0 Å². The summed E-state index contributed by atoms with van der Waals surface area (Å²) in [5, 5.41) is 23.9. The summed E-state index contributed by atoms with van der Waals surface area (Å²) in [7, 11) is 0. The number of aryl methyl sites for hydroxylation is 2. The molecule has 30 heavy (non-hydrogen) atoms. The predicted octanol–water partition coefficient (Wildman–Crippen LogP) is 4.04. The molecule has 0 amide bonds. The van der Waals surface area contributed by atoms with E-state index in [0.29, 0.717) is 18.2 Å². The number of nitrogens with one attached hydrogen (secondary N) is 1. The molecule has 0 saturated carbocycles. The maximum absolute atomic E-state index is 9.62. The number of H-pyrrole nitrogens is 1. The molecule has 0 aliphatic heterocycles. The fraction of sp³-hybridized carbons (Fsp3) is 0.182. The molecule has 0 saturated heterocycles. The van der Waals surface area contributed by atoms with Crippen molar-refractivity contribution < 1.29 is 9.84 Å². The molecule has 2 heterocycles. The van der Waals surface area contributed by atoms with Crippen molar-refractivity contribution in [3.8, 4) is 28.3 Å². The van der Waals surface area contributed by atoms with Crippen molar-refractivity contribution in [2.24, 2.45) is 0 Å². The predicted molar refractivity (Wildman–Crippen MR) is 116 cm³/mol. The highest BCUT2D eigenvalue weighted by atomic mass is 35.5. The van der Waals surface area contributed by atoms with Gasteiger partial charge in [-0.3, -0.25) is 4.98 Å². The number of aliphatic hydroxyl groups excluding tert-OH is 1. The van der Waals surface area contributed by atoms with Crippen LogP contribution in [0.5, 0.6) is 5.75 Å². The Kier molecular flexibility index (Phi) is 6.76. The summed E-state index contributed by atoms with van der Waals surface area (Å²) in [6, 6.07) is 18.0. The molecule has 0 bridgehead atoms. The van der Waals surface area contributed by atoms with Crippen molar-refractivity contribution in [1.82, 2.24) is 25.6 Å². The molecule has 4 aromatic rings. The van der Waals surface area contributed by atoms with Gasteiger partial charge in [-0.1, -0.05) is 48.5 Å². The normalized spacial score (nSPS) is 10.5. The zero-order chi connectivity index (χ0) is 20.2. The van der Waals surface area contributed by atoms with Gasteiger partial charge in [0.1, 0.15) is 12.4 Å². The number of nitrogens with zero attached hydrogens (tertiary/aromatic N) is 4. The first-order valence-corrected chi connectivity index (χ1v) is 9.28. The number of halogens is 1. The highest BCUT2D eigenvalue weighted by molar-refractivity contribution is 5.85. The first-order chi connectivity index (χ1) is 14.2. The van der Waals surface area contributed by atoms with Gasteiger partial charge < -0.3 is 9.84 Å². The summed E-state index contributed by atoms with van der Waals surface area (Å²) >= 11 is 0. The van der Waals surface area contributed by atoms with E-state index < -0.39 is 0 Å². The molecule has 0 aliphatic carbocycles. The highest BCUT2D eigenvalue weighted by Gasteiger charge is 2.11. The van der Waals surface area contributed by atoms with Crippen LogP contribution in [-0.2, 0) is 13.2 Å². The molecule has 2 aromatic heterocycles. The van der Waals surface area contributed by atoms with Gasteiger partial charge in [-0.05, 0) is 35.8 Å². The third-order valence-corrected chi connectivity index (χ3v) is 4.75. The molecule has 2 aromatic carbocycles. The molecule has 4 rings (SSSR count). The largest absolute Gasteiger partial charge is 0.488 e. The van der Waals surface area contributed by atoms with Crippen molar-refractivity contribution in [3.05, 3.63) is 77.1 Å². The lowest BCUT2D eigenvalue weighted by molar-refractivity contribution is 0.257. The fourth-order valence-corrected chi connectivity index (χ4v) is 3.29. The number of benzene rings is 2. The smallest absolute Gasteiger partial charge is 0.205 e. The first-order valence-electron chi connectivity index (χ1n) is 9.28. The van der Waals surface area contributed by atoms with Crippen LogP contribution in [-0.4, -0.2) is 30.7 Å². The van der Waals surface area contributed by atoms with Gasteiger partial charge in [0.15, 0.2) is 0 Å². The van der Waals surface area contributed by atoms with Crippen LogP contribution in [0.2, 0.25) is 0 Å². The number of aromatic nitrogens is 5. The third-order valence-electron chi connectivity index (χ3n) is 4.75. The Morgan fingerprint density at radius 3 is 2.40 bits per heavy atom. The number of ether oxygens (including phenoxy) is 1. The van der Waals surface area contributed by atoms with Gasteiger partial charge in [-0.25, -0.2) is 0 Å². The molecular formula is C22H22ClN5O2. The van der Waals surface area contributed by atoms with Crippen LogP contribution in [0.4, 0.5) is 0 Å².